The van der Waals surface area contributed by atoms with Gasteiger partial charge in [-0.1, -0.05) is 6.07 Å². The summed E-state index contributed by atoms with van der Waals surface area (Å²) in [7, 11) is 0. The predicted octanol–water partition coefficient (Wildman–Crippen LogP) is 3.55. The van der Waals surface area contributed by atoms with Gasteiger partial charge >= 0.3 is 0 Å². The van der Waals surface area contributed by atoms with Crippen molar-refractivity contribution in [1.82, 2.24) is 0 Å². The average molecular weight is 291 g/mol. The number of benzene rings is 1. The Balaban J connectivity index is 2.08. The summed E-state index contributed by atoms with van der Waals surface area (Å²) in [5.41, 5.74) is 0.471. The molecule has 0 aliphatic carbocycles. The summed E-state index contributed by atoms with van der Waals surface area (Å²) in [5.74, 6) is -0.407. The lowest BCUT2D eigenvalue weighted by Gasteiger charge is -2.19. The van der Waals surface area contributed by atoms with Crippen molar-refractivity contribution in [1.29, 1.82) is 0 Å². The number of aliphatic hydroxyl groups is 1. The SMILES string of the molecule is CC(=O)c1c(F)cccc1NC(C)CC(O)c1ccco1. The molecule has 1 aromatic carbocycles. The highest BCUT2D eigenvalue weighted by Crippen LogP contribution is 2.24. The molecule has 2 N–H and O–H groups in total. The van der Waals surface area contributed by atoms with Crippen LogP contribution in [-0.4, -0.2) is 16.9 Å². The molecule has 2 unspecified atom stereocenters. The number of rotatable bonds is 6. The van der Waals surface area contributed by atoms with Gasteiger partial charge in [0.1, 0.15) is 17.7 Å². The predicted molar refractivity (Wildman–Crippen MR) is 77.8 cm³/mol. The Morgan fingerprint density at radius 3 is 2.76 bits per heavy atom. The second kappa shape index (κ2) is 6.54. The van der Waals surface area contributed by atoms with E-state index in [9.17, 15) is 14.3 Å². The van der Waals surface area contributed by atoms with Gasteiger partial charge in [-0.25, -0.2) is 4.39 Å². The molecule has 0 saturated heterocycles. The van der Waals surface area contributed by atoms with Crippen LogP contribution < -0.4 is 5.32 Å². The number of hydrogen-bond acceptors (Lipinski definition) is 4. The molecule has 2 atom stereocenters. The smallest absolute Gasteiger partial charge is 0.164 e. The van der Waals surface area contributed by atoms with Gasteiger partial charge in [0, 0.05) is 18.2 Å². The van der Waals surface area contributed by atoms with Crippen LogP contribution in [0.4, 0.5) is 10.1 Å². The fraction of sp³-hybridized carbons (Fsp3) is 0.312. The molecule has 0 fully saturated rings. The van der Waals surface area contributed by atoms with Gasteiger partial charge in [0.05, 0.1) is 11.8 Å². The normalized spacial score (nSPS) is 13.7. The number of Topliss-reactive ketones (excluding diaryl/α,β-unsaturated/α-hetero) is 1. The van der Waals surface area contributed by atoms with Crippen LogP contribution >= 0.6 is 0 Å². The summed E-state index contributed by atoms with van der Waals surface area (Å²) in [6.45, 7) is 3.17. The molecule has 21 heavy (non-hydrogen) atoms. The molecule has 0 spiro atoms. The van der Waals surface area contributed by atoms with Gasteiger partial charge in [-0.2, -0.15) is 0 Å². The third-order valence-electron chi connectivity index (χ3n) is 3.22. The van der Waals surface area contributed by atoms with Crippen molar-refractivity contribution in [3.05, 3.63) is 53.7 Å². The fourth-order valence-corrected chi connectivity index (χ4v) is 2.26. The first-order valence-corrected chi connectivity index (χ1v) is 6.76. The van der Waals surface area contributed by atoms with Crippen LogP contribution in [-0.2, 0) is 0 Å². The summed E-state index contributed by atoms with van der Waals surface area (Å²) in [6, 6.07) is 7.68. The van der Waals surface area contributed by atoms with Crippen LogP contribution in [0.3, 0.4) is 0 Å². The molecule has 0 aliphatic rings. The average Bonchev–Trinajstić information content (AvgIpc) is 2.91. The van der Waals surface area contributed by atoms with E-state index in [-0.39, 0.29) is 17.4 Å². The van der Waals surface area contributed by atoms with E-state index in [0.717, 1.165) is 0 Å². The molecule has 0 amide bonds. The van der Waals surface area contributed by atoms with Crippen molar-refractivity contribution < 1.29 is 18.7 Å². The van der Waals surface area contributed by atoms with Crippen molar-refractivity contribution in [2.75, 3.05) is 5.32 Å². The summed E-state index contributed by atoms with van der Waals surface area (Å²) >= 11 is 0. The molecular weight excluding hydrogens is 273 g/mol. The second-order valence-corrected chi connectivity index (χ2v) is 5.03. The highest BCUT2D eigenvalue weighted by Gasteiger charge is 2.18. The van der Waals surface area contributed by atoms with E-state index in [1.807, 2.05) is 6.92 Å². The van der Waals surface area contributed by atoms with E-state index >= 15 is 0 Å². The molecule has 4 nitrogen and oxygen atoms in total. The molecule has 2 rings (SSSR count). The fourth-order valence-electron chi connectivity index (χ4n) is 2.26. The van der Waals surface area contributed by atoms with E-state index in [4.69, 9.17) is 4.42 Å². The maximum absolute atomic E-state index is 13.7. The van der Waals surface area contributed by atoms with Crippen molar-refractivity contribution in [2.45, 2.75) is 32.4 Å². The number of aliphatic hydroxyl groups excluding tert-OH is 1. The zero-order chi connectivity index (χ0) is 15.4. The molecule has 112 valence electrons. The van der Waals surface area contributed by atoms with E-state index in [2.05, 4.69) is 5.32 Å². The van der Waals surface area contributed by atoms with Crippen molar-refractivity contribution >= 4 is 11.5 Å². The third-order valence-corrected chi connectivity index (χ3v) is 3.22. The lowest BCUT2D eigenvalue weighted by molar-refractivity contribution is 0.101. The quantitative estimate of drug-likeness (QED) is 0.799. The summed E-state index contributed by atoms with van der Waals surface area (Å²) in [5, 5.41) is 13.1. The van der Waals surface area contributed by atoms with E-state index in [0.29, 0.717) is 17.9 Å². The largest absolute Gasteiger partial charge is 0.467 e. The Morgan fingerprint density at radius 2 is 2.14 bits per heavy atom. The lowest BCUT2D eigenvalue weighted by atomic mass is 10.1. The van der Waals surface area contributed by atoms with Crippen LogP contribution in [0.2, 0.25) is 0 Å². The molecule has 0 aliphatic heterocycles. The molecule has 5 heteroatoms. The van der Waals surface area contributed by atoms with E-state index < -0.39 is 11.9 Å². The number of carbonyl (C=O) groups is 1. The minimum Gasteiger partial charge on any atom is -0.467 e. The minimum absolute atomic E-state index is 0.0387. The second-order valence-electron chi connectivity index (χ2n) is 5.03. The van der Waals surface area contributed by atoms with Gasteiger partial charge in [-0.05, 0) is 38.1 Å². The number of nitrogens with one attached hydrogen (secondary N) is 1. The van der Waals surface area contributed by atoms with E-state index in [1.165, 1.54) is 19.3 Å². The van der Waals surface area contributed by atoms with Crippen LogP contribution in [0.5, 0.6) is 0 Å². The van der Waals surface area contributed by atoms with Crippen molar-refractivity contribution in [3.8, 4) is 0 Å². The standard InChI is InChI=1S/C16H18FNO3/c1-10(9-14(20)15-7-4-8-21-15)18-13-6-3-5-12(17)16(13)11(2)19/h3-8,10,14,18,20H,9H2,1-2H3. The molecule has 2 aromatic rings. The number of ketones is 1. The van der Waals surface area contributed by atoms with Crippen molar-refractivity contribution in [3.63, 3.8) is 0 Å². The topological polar surface area (TPSA) is 62.5 Å². The number of hydrogen-bond donors (Lipinski definition) is 2. The Bertz CT molecular complexity index is 610. The van der Waals surface area contributed by atoms with Gasteiger partial charge in [0.15, 0.2) is 5.78 Å². The zero-order valence-electron chi connectivity index (χ0n) is 12.0. The van der Waals surface area contributed by atoms with Crippen LogP contribution in [0.25, 0.3) is 0 Å². The molecular formula is C16H18FNO3. The number of anilines is 1. The zero-order valence-corrected chi connectivity index (χ0v) is 12.0. The third kappa shape index (κ3) is 3.70. The van der Waals surface area contributed by atoms with Gasteiger partial charge in [-0.15, -0.1) is 0 Å². The number of furan rings is 1. The summed E-state index contributed by atoms with van der Waals surface area (Å²) in [6.07, 6.45) is 1.12. The summed E-state index contributed by atoms with van der Waals surface area (Å²) < 4.78 is 18.8. The molecule has 0 radical (unpaired) electrons. The minimum atomic E-state index is -0.753. The van der Waals surface area contributed by atoms with Gasteiger partial charge in [0.25, 0.3) is 0 Å². The van der Waals surface area contributed by atoms with Gasteiger partial charge in [-0.3, -0.25) is 4.79 Å². The molecule has 0 bridgehead atoms. The first-order valence-electron chi connectivity index (χ1n) is 6.76. The molecule has 1 heterocycles. The van der Waals surface area contributed by atoms with Crippen LogP contribution in [0.1, 0.15) is 42.5 Å². The maximum atomic E-state index is 13.7. The van der Waals surface area contributed by atoms with Gasteiger partial charge in [0.2, 0.25) is 0 Å². The Labute approximate surface area is 122 Å². The van der Waals surface area contributed by atoms with Crippen molar-refractivity contribution in [2.24, 2.45) is 0 Å². The first-order chi connectivity index (χ1) is 9.99. The maximum Gasteiger partial charge on any atom is 0.164 e. The Kier molecular flexibility index (Phi) is 4.75. The number of carbonyl (C=O) groups excluding carboxylic acids is 1. The van der Waals surface area contributed by atoms with Gasteiger partial charge < -0.3 is 14.8 Å². The Morgan fingerprint density at radius 1 is 1.38 bits per heavy atom. The highest BCUT2D eigenvalue weighted by molar-refractivity contribution is 5.99. The van der Waals surface area contributed by atoms with Crippen LogP contribution in [0, 0.1) is 5.82 Å². The highest BCUT2D eigenvalue weighted by atomic mass is 19.1. The lowest BCUT2D eigenvalue weighted by Crippen LogP contribution is -2.20. The Hall–Kier alpha value is -2.14. The summed E-state index contributed by atoms with van der Waals surface area (Å²) in [4.78, 5) is 11.5. The van der Waals surface area contributed by atoms with E-state index in [1.54, 1.807) is 24.3 Å². The molecule has 0 saturated carbocycles. The molecule has 1 aromatic heterocycles. The number of halogens is 1. The first kappa shape index (κ1) is 15.3. The van der Waals surface area contributed by atoms with Crippen LogP contribution in [0.15, 0.2) is 41.0 Å². The monoisotopic (exact) mass is 291 g/mol.